The summed E-state index contributed by atoms with van der Waals surface area (Å²) in [5, 5.41) is 0. The van der Waals surface area contributed by atoms with Crippen LogP contribution < -0.4 is 20.9 Å². The molecule has 0 spiro atoms. The van der Waals surface area contributed by atoms with Crippen molar-refractivity contribution in [2.45, 2.75) is 26.3 Å². The Bertz CT molecular complexity index is 391. The van der Waals surface area contributed by atoms with Crippen LogP contribution in [0.25, 0.3) is 0 Å². The lowest BCUT2D eigenvalue weighted by molar-refractivity contribution is 0.264. The van der Waals surface area contributed by atoms with E-state index in [0.717, 1.165) is 23.5 Å². The molecule has 1 atom stereocenters. The predicted molar refractivity (Wildman–Crippen MR) is 73.9 cm³/mol. The molecule has 0 amide bonds. The van der Waals surface area contributed by atoms with E-state index in [9.17, 15) is 0 Å². The zero-order valence-electron chi connectivity index (χ0n) is 11.7. The highest BCUT2D eigenvalue weighted by Crippen LogP contribution is 2.39. The molecule has 1 rings (SSSR count). The summed E-state index contributed by atoms with van der Waals surface area (Å²) in [7, 11) is 3.27. The van der Waals surface area contributed by atoms with Gasteiger partial charge < -0.3 is 20.9 Å². The molecule has 0 saturated carbocycles. The third-order valence-electron chi connectivity index (χ3n) is 3.41. The van der Waals surface area contributed by atoms with Crippen LogP contribution >= 0.6 is 0 Å². The van der Waals surface area contributed by atoms with Crippen LogP contribution in [0.4, 0.5) is 0 Å². The molecule has 1 aromatic carbocycles. The van der Waals surface area contributed by atoms with Gasteiger partial charge in [-0.25, -0.2) is 0 Å². The van der Waals surface area contributed by atoms with Gasteiger partial charge in [-0.3, -0.25) is 0 Å². The van der Waals surface area contributed by atoms with Crippen LogP contribution in [0.2, 0.25) is 0 Å². The summed E-state index contributed by atoms with van der Waals surface area (Å²) in [5.74, 6) is 1.52. The number of hydrogen-bond acceptors (Lipinski definition) is 4. The average Bonchev–Trinajstić information content (AvgIpc) is 2.37. The van der Waals surface area contributed by atoms with Gasteiger partial charge >= 0.3 is 0 Å². The molecule has 4 heteroatoms. The molecular weight excluding hydrogens is 228 g/mol. The van der Waals surface area contributed by atoms with E-state index >= 15 is 0 Å². The topological polar surface area (TPSA) is 70.5 Å². The van der Waals surface area contributed by atoms with Crippen molar-refractivity contribution in [2.24, 2.45) is 16.9 Å². The van der Waals surface area contributed by atoms with Crippen molar-refractivity contribution >= 4 is 0 Å². The Hall–Kier alpha value is -1.26. The van der Waals surface area contributed by atoms with Crippen LogP contribution in [-0.4, -0.2) is 20.8 Å². The van der Waals surface area contributed by atoms with E-state index in [1.807, 2.05) is 18.2 Å². The minimum atomic E-state index is -0.123. The Labute approximate surface area is 109 Å². The second kappa shape index (κ2) is 6.07. The zero-order valence-corrected chi connectivity index (χ0v) is 11.7. The number of ether oxygens (including phenoxy) is 2. The van der Waals surface area contributed by atoms with E-state index in [2.05, 4.69) is 13.8 Å². The largest absolute Gasteiger partial charge is 0.497 e. The summed E-state index contributed by atoms with van der Waals surface area (Å²) in [6.07, 6.45) is 0.864. The number of rotatable bonds is 6. The van der Waals surface area contributed by atoms with Gasteiger partial charge in [0.25, 0.3) is 0 Å². The highest BCUT2D eigenvalue weighted by molar-refractivity contribution is 5.43. The summed E-state index contributed by atoms with van der Waals surface area (Å²) in [6.45, 7) is 4.86. The van der Waals surface area contributed by atoms with E-state index < -0.39 is 0 Å². The fraction of sp³-hybridized carbons (Fsp3) is 0.571. The summed E-state index contributed by atoms with van der Waals surface area (Å²) in [6, 6.07) is 5.59. The van der Waals surface area contributed by atoms with E-state index in [4.69, 9.17) is 20.9 Å². The lowest BCUT2D eigenvalue weighted by Gasteiger charge is -2.32. The average molecular weight is 252 g/mol. The first-order valence-corrected chi connectivity index (χ1v) is 6.14. The number of benzene rings is 1. The molecule has 4 nitrogen and oxygen atoms in total. The maximum Gasteiger partial charge on any atom is 0.127 e. The molecule has 0 aromatic heterocycles. The minimum Gasteiger partial charge on any atom is -0.497 e. The van der Waals surface area contributed by atoms with Gasteiger partial charge in [0.15, 0.2) is 0 Å². The highest BCUT2D eigenvalue weighted by Gasteiger charge is 2.29. The van der Waals surface area contributed by atoms with Gasteiger partial charge in [0.05, 0.1) is 14.2 Å². The van der Waals surface area contributed by atoms with Gasteiger partial charge in [-0.1, -0.05) is 19.9 Å². The predicted octanol–water partition coefficient (Wildman–Crippen LogP) is 2.08. The summed E-state index contributed by atoms with van der Waals surface area (Å²) in [4.78, 5) is 0. The number of hydrogen-bond donors (Lipinski definition) is 2. The van der Waals surface area contributed by atoms with Crippen LogP contribution in [0.5, 0.6) is 11.5 Å². The summed E-state index contributed by atoms with van der Waals surface area (Å²) < 4.78 is 10.6. The Morgan fingerprint density at radius 3 is 2.39 bits per heavy atom. The Morgan fingerprint density at radius 2 is 1.89 bits per heavy atom. The molecule has 4 N–H and O–H groups in total. The van der Waals surface area contributed by atoms with Crippen LogP contribution in [0.1, 0.15) is 31.9 Å². The van der Waals surface area contributed by atoms with Gasteiger partial charge in [0, 0.05) is 17.7 Å². The van der Waals surface area contributed by atoms with Crippen LogP contribution in [-0.2, 0) is 0 Å². The SMILES string of the molecule is COc1ccc(C(N)C(C)(C)CCN)c(OC)c1. The van der Waals surface area contributed by atoms with E-state index in [-0.39, 0.29) is 11.5 Å². The molecule has 0 radical (unpaired) electrons. The lowest BCUT2D eigenvalue weighted by atomic mass is 9.78. The lowest BCUT2D eigenvalue weighted by Crippen LogP contribution is -2.31. The van der Waals surface area contributed by atoms with Crippen molar-refractivity contribution in [3.8, 4) is 11.5 Å². The first-order chi connectivity index (χ1) is 8.46. The summed E-state index contributed by atoms with van der Waals surface area (Å²) >= 11 is 0. The minimum absolute atomic E-state index is 0.0728. The monoisotopic (exact) mass is 252 g/mol. The van der Waals surface area contributed by atoms with Crippen molar-refractivity contribution in [3.05, 3.63) is 23.8 Å². The van der Waals surface area contributed by atoms with Crippen LogP contribution in [0.15, 0.2) is 18.2 Å². The molecular formula is C14H24N2O2. The molecule has 0 aliphatic heterocycles. The first-order valence-electron chi connectivity index (χ1n) is 6.14. The number of nitrogens with two attached hydrogens (primary N) is 2. The fourth-order valence-electron chi connectivity index (χ4n) is 2.02. The van der Waals surface area contributed by atoms with E-state index in [1.54, 1.807) is 14.2 Å². The molecule has 0 heterocycles. The van der Waals surface area contributed by atoms with Crippen molar-refractivity contribution in [2.75, 3.05) is 20.8 Å². The van der Waals surface area contributed by atoms with Gasteiger partial charge in [-0.2, -0.15) is 0 Å². The molecule has 0 bridgehead atoms. The Balaban J connectivity index is 3.08. The zero-order chi connectivity index (χ0) is 13.8. The van der Waals surface area contributed by atoms with Crippen molar-refractivity contribution in [1.82, 2.24) is 0 Å². The van der Waals surface area contributed by atoms with Crippen molar-refractivity contribution in [1.29, 1.82) is 0 Å². The Morgan fingerprint density at radius 1 is 1.22 bits per heavy atom. The smallest absolute Gasteiger partial charge is 0.127 e. The molecule has 0 aliphatic carbocycles. The quantitative estimate of drug-likeness (QED) is 0.813. The molecule has 0 aliphatic rings. The maximum atomic E-state index is 6.35. The van der Waals surface area contributed by atoms with E-state index in [1.165, 1.54) is 0 Å². The molecule has 0 saturated heterocycles. The Kier molecular flexibility index (Phi) is 4.99. The molecule has 102 valence electrons. The fourth-order valence-corrected chi connectivity index (χ4v) is 2.02. The van der Waals surface area contributed by atoms with Gasteiger partial charge in [-0.05, 0) is 24.4 Å². The van der Waals surface area contributed by atoms with Crippen molar-refractivity contribution in [3.63, 3.8) is 0 Å². The first kappa shape index (κ1) is 14.8. The second-order valence-electron chi connectivity index (χ2n) is 5.11. The molecule has 18 heavy (non-hydrogen) atoms. The second-order valence-corrected chi connectivity index (χ2v) is 5.11. The third kappa shape index (κ3) is 3.15. The van der Waals surface area contributed by atoms with Crippen LogP contribution in [0, 0.1) is 5.41 Å². The van der Waals surface area contributed by atoms with Crippen molar-refractivity contribution < 1.29 is 9.47 Å². The maximum absolute atomic E-state index is 6.35. The molecule has 0 fully saturated rings. The van der Waals surface area contributed by atoms with Gasteiger partial charge in [0.1, 0.15) is 11.5 Å². The molecule has 1 unspecified atom stereocenters. The number of methoxy groups -OCH3 is 2. The van der Waals surface area contributed by atoms with Gasteiger partial charge in [-0.15, -0.1) is 0 Å². The van der Waals surface area contributed by atoms with Gasteiger partial charge in [0.2, 0.25) is 0 Å². The normalized spacial score (nSPS) is 13.2. The third-order valence-corrected chi connectivity index (χ3v) is 3.41. The molecule has 1 aromatic rings. The summed E-state index contributed by atoms with van der Waals surface area (Å²) in [5.41, 5.74) is 12.9. The highest BCUT2D eigenvalue weighted by atomic mass is 16.5. The van der Waals surface area contributed by atoms with Crippen LogP contribution in [0.3, 0.4) is 0 Å². The standard InChI is InChI=1S/C14H24N2O2/c1-14(2,7-8-15)13(16)11-6-5-10(17-3)9-12(11)18-4/h5-6,9,13H,7-8,15-16H2,1-4H3. The van der Waals surface area contributed by atoms with E-state index in [0.29, 0.717) is 6.54 Å².